The van der Waals surface area contributed by atoms with Gasteiger partial charge in [-0.05, 0) is 32.2 Å². The van der Waals surface area contributed by atoms with Gasteiger partial charge in [-0.25, -0.2) is 4.79 Å². The van der Waals surface area contributed by atoms with E-state index in [0.717, 1.165) is 5.56 Å². The molecule has 3 amide bonds. The monoisotopic (exact) mass is 380 g/mol. The molecule has 2 rings (SSSR count). The van der Waals surface area contributed by atoms with Crippen molar-refractivity contribution in [3.05, 3.63) is 22.7 Å². The molecule has 2 N–H and O–H groups in total. The van der Waals surface area contributed by atoms with E-state index < -0.39 is 24.0 Å². The minimum Gasteiger partial charge on any atom is -0.453 e. The highest BCUT2D eigenvalue weighted by Gasteiger charge is 2.20. The van der Waals surface area contributed by atoms with E-state index in [9.17, 15) is 14.4 Å². The average Bonchev–Trinajstić information content (AvgIpc) is 3.23. The first-order chi connectivity index (χ1) is 12.3. The summed E-state index contributed by atoms with van der Waals surface area (Å²) >= 11 is 1.52. The smallest absolute Gasteiger partial charge is 0.321 e. The fourth-order valence-electron chi connectivity index (χ4n) is 1.90. The van der Waals surface area contributed by atoms with E-state index >= 15 is 0 Å². The third-order valence-corrected chi connectivity index (χ3v) is 3.81. The Labute approximate surface area is 154 Å². The highest BCUT2D eigenvalue weighted by molar-refractivity contribution is 7.08. The standard InChI is InChI=1S/C16H20N4O5S/c1-9(2)17-16(23)19-15(22)10(3)24-13(21)5-4-12-18-14(20-25-12)11-6-7-26-8-11/h6-10H,4-5H2,1-3H3,(H2,17,19,22,23)/t10-/m1/s1. The molecule has 0 aliphatic rings. The summed E-state index contributed by atoms with van der Waals surface area (Å²) in [7, 11) is 0. The minimum atomic E-state index is -1.09. The van der Waals surface area contributed by atoms with Crippen LogP contribution in [-0.2, 0) is 20.7 Å². The largest absolute Gasteiger partial charge is 0.453 e. The lowest BCUT2D eigenvalue weighted by molar-refractivity contribution is -0.154. The lowest BCUT2D eigenvalue weighted by Crippen LogP contribution is -2.46. The number of ether oxygens (including phenoxy) is 1. The lowest BCUT2D eigenvalue weighted by atomic mass is 10.3. The fraction of sp³-hybridized carbons (Fsp3) is 0.438. The summed E-state index contributed by atoms with van der Waals surface area (Å²) in [5.74, 6) is -0.545. The lowest BCUT2D eigenvalue weighted by Gasteiger charge is -2.14. The zero-order chi connectivity index (χ0) is 19.1. The number of urea groups is 1. The van der Waals surface area contributed by atoms with E-state index in [0.29, 0.717) is 11.7 Å². The van der Waals surface area contributed by atoms with Gasteiger partial charge in [-0.15, -0.1) is 0 Å². The molecule has 0 aliphatic carbocycles. The third-order valence-electron chi connectivity index (χ3n) is 3.12. The van der Waals surface area contributed by atoms with Gasteiger partial charge >= 0.3 is 12.0 Å². The Balaban J connectivity index is 1.76. The zero-order valence-electron chi connectivity index (χ0n) is 14.6. The molecule has 0 saturated carbocycles. The summed E-state index contributed by atoms with van der Waals surface area (Å²) in [5.41, 5.74) is 0.845. The van der Waals surface area contributed by atoms with Crippen LogP contribution in [0.3, 0.4) is 0 Å². The summed E-state index contributed by atoms with van der Waals surface area (Å²) in [5, 5.41) is 12.2. The van der Waals surface area contributed by atoms with Crippen molar-refractivity contribution < 1.29 is 23.6 Å². The van der Waals surface area contributed by atoms with Crippen molar-refractivity contribution in [3.63, 3.8) is 0 Å². The molecule has 0 saturated heterocycles. The number of aromatic nitrogens is 2. The van der Waals surface area contributed by atoms with Crippen molar-refractivity contribution >= 4 is 29.2 Å². The maximum absolute atomic E-state index is 11.8. The van der Waals surface area contributed by atoms with E-state index in [1.54, 1.807) is 13.8 Å². The number of aryl methyl sites for hydroxylation is 1. The average molecular weight is 380 g/mol. The molecule has 2 aromatic heterocycles. The summed E-state index contributed by atoms with van der Waals surface area (Å²) in [6.07, 6.45) is -0.927. The molecule has 2 heterocycles. The second kappa shape index (κ2) is 9.09. The van der Waals surface area contributed by atoms with Crippen LogP contribution in [0.4, 0.5) is 4.79 Å². The summed E-state index contributed by atoms with van der Waals surface area (Å²) in [4.78, 5) is 39.3. The van der Waals surface area contributed by atoms with Crippen LogP contribution >= 0.6 is 11.3 Å². The van der Waals surface area contributed by atoms with E-state index in [2.05, 4.69) is 20.8 Å². The number of rotatable bonds is 7. The summed E-state index contributed by atoms with van der Waals surface area (Å²) < 4.78 is 10.1. The normalized spacial score (nSPS) is 11.8. The zero-order valence-corrected chi connectivity index (χ0v) is 15.5. The number of thiophene rings is 1. The molecule has 0 aromatic carbocycles. The molecule has 2 aromatic rings. The Hall–Kier alpha value is -2.75. The molecule has 0 spiro atoms. The van der Waals surface area contributed by atoms with E-state index in [1.807, 2.05) is 16.8 Å². The second-order valence-corrected chi connectivity index (χ2v) is 6.55. The van der Waals surface area contributed by atoms with E-state index in [4.69, 9.17) is 9.26 Å². The van der Waals surface area contributed by atoms with Crippen molar-refractivity contribution in [3.8, 4) is 11.4 Å². The van der Waals surface area contributed by atoms with Crippen LogP contribution in [0.15, 0.2) is 21.3 Å². The van der Waals surface area contributed by atoms with Gasteiger partial charge in [-0.2, -0.15) is 16.3 Å². The van der Waals surface area contributed by atoms with Crippen molar-refractivity contribution in [2.45, 2.75) is 45.8 Å². The molecule has 9 nitrogen and oxygen atoms in total. The maximum Gasteiger partial charge on any atom is 0.321 e. The van der Waals surface area contributed by atoms with Crippen molar-refractivity contribution in [2.75, 3.05) is 0 Å². The van der Waals surface area contributed by atoms with Gasteiger partial charge in [0, 0.05) is 23.4 Å². The van der Waals surface area contributed by atoms with E-state index in [-0.39, 0.29) is 18.9 Å². The molecule has 0 unspecified atom stereocenters. The molecule has 140 valence electrons. The molecule has 0 fully saturated rings. The van der Waals surface area contributed by atoms with Crippen molar-refractivity contribution in [1.29, 1.82) is 0 Å². The Morgan fingerprint density at radius 3 is 2.73 bits per heavy atom. The van der Waals surface area contributed by atoms with Crippen LogP contribution in [0.5, 0.6) is 0 Å². The van der Waals surface area contributed by atoms with Crippen LogP contribution in [0.1, 0.15) is 33.1 Å². The van der Waals surface area contributed by atoms with Crippen LogP contribution in [0.2, 0.25) is 0 Å². The van der Waals surface area contributed by atoms with Crippen molar-refractivity contribution in [1.82, 2.24) is 20.8 Å². The molecule has 0 radical (unpaired) electrons. The molecular weight excluding hydrogens is 360 g/mol. The van der Waals surface area contributed by atoms with Gasteiger partial charge < -0.3 is 14.6 Å². The number of hydrogen-bond acceptors (Lipinski definition) is 8. The number of hydrogen-bond donors (Lipinski definition) is 2. The fourth-order valence-corrected chi connectivity index (χ4v) is 2.53. The Morgan fingerprint density at radius 2 is 2.08 bits per heavy atom. The van der Waals surface area contributed by atoms with Gasteiger partial charge in [0.1, 0.15) is 0 Å². The van der Waals surface area contributed by atoms with Gasteiger partial charge in [0.05, 0.1) is 6.42 Å². The Kier molecular flexibility index (Phi) is 6.84. The number of esters is 1. The Morgan fingerprint density at radius 1 is 1.31 bits per heavy atom. The number of carbonyl (C=O) groups excluding carboxylic acids is 3. The predicted molar refractivity (Wildman–Crippen MR) is 93.3 cm³/mol. The molecule has 0 bridgehead atoms. The first-order valence-electron chi connectivity index (χ1n) is 8.01. The quantitative estimate of drug-likeness (QED) is 0.703. The summed E-state index contributed by atoms with van der Waals surface area (Å²) in [6.45, 7) is 4.90. The summed E-state index contributed by atoms with van der Waals surface area (Å²) in [6, 6.07) is 1.11. The number of nitrogens with one attached hydrogen (secondary N) is 2. The third kappa shape index (κ3) is 5.96. The van der Waals surface area contributed by atoms with Crippen molar-refractivity contribution in [2.24, 2.45) is 0 Å². The number of carbonyl (C=O) groups is 3. The highest BCUT2D eigenvalue weighted by atomic mass is 32.1. The topological polar surface area (TPSA) is 123 Å². The number of nitrogens with zero attached hydrogens (tertiary/aromatic N) is 2. The maximum atomic E-state index is 11.8. The number of imide groups is 1. The minimum absolute atomic E-state index is 0.0267. The predicted octanol–water partition coefficient (Wildman–Crippen LogP) is 1.90. The second-order valence-electron chi connectivity index (χ2n) is 5.77. The highest BCUT2D eigenvalue weighted by Crippen LogP contribution is 2.19. The molecule has 10 heteroatoms. The van der Waals surface area contributed by atoms with Crippen LogP contribution in [0.25, 0.3) is 11.4 Å². The Bertz CT molecular complexity index is 757. The SMILES string of the molecule is CC(C)NC(=O)NC(=O)[C@@H](C)OC(=O)CCc1nc(-c2ccsc2)no1. The van der Waals surface area contributed by atoms with Gasteiger partial charge in [-0.1, -0.05) is 5.16 Å². The van der Waals surface area contributed by atoms with Gasteiger partial charge in [0.2, 0.25) is 11.7 Å². The van der Waals surface area contributed by atoms with Crippen LogP contribution < -0.4 is 10.6 Å². The van der Waals surface area contributed by atoms with Crippen LogP contribution in [-0.4, -0.2) is 40.2 Å². The number of amides is 3. The molecule has 0 aliphatic heterocycles. The first kappa shape index (κ1) is 19.6. The van der Waals surface area contributed by atoms with Gasteiger partial charge in [0.25, 0.3) is 5.91 Å². The molecule has 26 heavy (non-hydrogen) atoms. The first-order valence-corrected chi connectivity index (χ1v) is 8.95. The van der Waals surface area contributed by atoms with Crippen LogP contribution in [0, 0.1) is 0 Å². The molecular formula is C16H20N4O5S. The van der Waals surface area contributed by atoms with E-state index in [1.165, 1.54) is 18.3 Å². The molecule has 1 atom stereocenters. The van der Waals surface area contributed by atoms with Gasteiger partial charge in [0.15, 0.2) is 6.10 Å². The van der Waals surface area contributed by atoms with Gasteiger partial charge in [-0.3, -0.25) is 14.9 Å².